The number of fused-ring (bicyclic) bond motifs is 2. The van der Waals surface area contributed by atoms with Gasteiger partial charge in [0.1, 0.15) is 12.4 Å². The summed E-state index contributed by atoms with van der Waals surface area (Å²) in [6.07, 6.45) is -2.68. The summed E-state index contributed by atoms with van der Waals surface area (Å²) in [5, 5.41) is 2.82. The normalized spacial score (nSPS) is 18.4. The summed E-state index contributed by atoms with van der Waals surface area (Å²) in [7, 11) is 1.32. The average Bonchev–Trinajstić information content (AvgIpc) is 3.28. The minimum atomic E-state index is -4.42. The lowest BCUT2D eigenvalue weighted by Crippen LogP contribution is -2.50. The summed E-state index contributed by atoms with van der Waals surface area (Å²) in [5.41, 5.74) is 2.83. The number of hydrogen-bond acceptors (Lipinski definition) is 4. The number of para-hydroxylation sites is 1. The number of hydrogen-bond donors (Lipinski definition) is 1. The number of urea groups is 1. The van der Waals surface area contributed by atoms with E-state index >= 15 is 0 Å². The minimum Gasteiger partial charge on any atom is -0.488 e. The highest BCUT2D eigenvalue weighted by molar-refractivity contribution is 6.01. The van der Waals surface area contributed by atoms with Crippen LogP contribution in [0.3, 0.4) is 0 Å². The topological polar surface area (TPSA) is 67.9 Å². The number of nitrogens with zero attached hydrogens (tertiary/aromatic N) is 1. The Hall–Kier alpha value is -4.27. The maximum atomic E-state index is 13.3. The molecule has 208 valence electrons. The fourth-order valence-corrected chi connectivity index (χ4v) is 5.50. The molecule has 3 aromatic carbocycles. The van der Waals surface area contributed by atoms with E-state index in [1.54, 1.807) is 4.90 Å². The number of carbonyl (C=O) groups is 2. The summed E-state index contributed by atoms with van der Waals surface area (Å²) in [6, 6.07) is 21.0. The van der Waals surface area contributed by atoms with E-state index in [-0.39, 0.29) is 18.6 Å². The molecule has 3 aromatic rings. The Morgan fingerprint density at radius 2 is 1.62 bits per heavy atom. The smallest absolute Gasteiger partial charge is 0.416 e. The summed E-state index contributed by atoms with van der Waals surface area (Å²) < 4.78 is 50.0. The zero-order valence-corrected chi connectivity index (χ0v) is 21.9. The second-order valence-electron chi connectivity index (χ2n) is 9.87. The molecular weight excluding hydrogens is 521 g/mol. The van der Waals surface area contributed by atoms with Crippen LogP contribution in [-0.2, 0) is 28.9 Å². The first-order chi connectivity index (χ1) is 19.3. The molecule has 2 amide bonds. The van der Waals surface area contributed by atoms with E-state index in [1.807, 2.05) is 54.6 Å². The van der Waals surface area contributed by atoms with E-state index in [9.17, 15) is 22.8 Å². The molecule has 0 aromatic heterocycles. The van der Waals surface area contributed by atoms with E-state index in [0.717, 1.165) is 28.8 Å². The Bertz CT molecular complexity index is 1400. The number of benzene rings is 3. The predicted octanol–water partition coefficient (Wildman–Crippen LogP) is 6.36. The third-order valence-corrected chi connectivity index (χ3v) is 7.41. The minimum absolute atomic E-state index is 0.0627. The molecular formula is C31H29F3N2O4. The highest BCUT2D eigenvalue weighted by Gasteiger charge is 2.47. The lowest BCUT2D eigenvalue weighted by atomic mass is 9.88. The van der Waals surface area contributed by atoms with Gasteiger partial charge in [0.05, 0.1) is 24.3 Å². The van der Waals surface area contributed by atoms with Gasteiger partial charge in [0, 0.05) is 18.2 Å². The van der Waals surface area contributed by atoms with Gasteiger partial charge in [0.25, 0.3) is 0 Å². The van der Waals surface area contributed by atoms with Gasteiger partial charge in [-0.3, -0.25) is 0 Å². The van der Waals surface area contributed by atoms with Gasteiger partial charge in [-0.2, -0.15) is 13.2 Å². The van der Waals surface area contributed by atoms with Crippen LogP contribution in [0.25, 0.3) is 5.57 Å². The molecule has 1 fully saturated rings. The van der Waals surface area contributed by atoms with Crippen LogP contribution in [0, 0.1) is 0 Å². The molecule has 2 aliphatic rings. The first kappa shape index (κ1) is 27.3. The SMILES string of the molecule is COC(=O)C1=C(c2ccccc2OCc2ccccc2)C[C@@H]2CC[C@H]1N2C(=O)NCc1ccc(C(F)(F)F)cc1. The van der Waals surface area contributed by atoms with Gasteiger partial charge in [-0.25, -0.2) is 9.59 Å². The number of methoxy groups -OCH3 is 1. The number of carbonyl (C=O) groups excluding carboxylic acids is 2. The number of nitrogens with one attached hydrogen (secondary N) is 1. The van der Waals surface area contributed by atoms with Crippen LogP contribution in [0.15, 0.2) is 84.4 Å². The van der Waals surface area contributed by atoms with E-state index in [0.29, 0.717) is 42.8 Å². The van der Waals surface area contributed by atoms with Crippen LogP contribution in [0.5, 0.6) is 5.75 Å². The van der Waals surface area contributed by atoms with Crippen molar-refractivity contribution in [2.24, 2.45) is 0 Å². The van der Waals surface area contributed by atoms with E-state index in [4.69, 9.17) is 9.47 Å². The molecule has 1 N–H and O–H groups in total. The summed E-state index contributed by atoms with van der Waals surface area (Å²) >= 11 is 0. The summed E-state index contributed by atoms with van der Waals surface area (Å²) in [6.45, 7) is 0.428. The first-order valence-corrected chi connectivity index (χ1v) is 13.1. The van der Waals surface area contributed by atoms with Crippen LogP contribution in [-0.4, -0.2) is 36.1 Å². The molecule has 0 spiro atoms. The molecule has 0 unspecified atom stereocenters. The van der Waals surface area contributed by atoms with Gasteiger partial charge in [0.2, 0.25) is 0 Å². The Morgan fingerprint density at radius 1 is 0.925 bits per heavy atom. The van der Waals surface area contributed by atoms with Gasteiger partial charge in [-0.05, 0) is 54.2 Å². The van der Waals surface area contributed by atoms with Crippen molar-refractivity contribution in [3.05, 3.63) is 107 Å². The van der Waals surface area contributed by atoms with Crippen molar-refractivity contribution < 1.29 is 32.2 Å². The molecule has 2 bridgehead atoms. The van der Waals surface area contributed by atoms with E-state index in [1.165, 1.54) is 19.2 Å². The number of alkyl halides is 3. The molecule has 2 atom stereocenters. The van der Waals surface area contributed by atoms with Gasteiger partial charge >= 0.3 is 18.2 Å². The maximum absolute atomic E-state index is 13.3. The molecule has 40 heavy (non-hydrogen) atoms. The molecule has 6 nitrogen and oxygen atoms in total. The predicted molar refractivity (Wildman–Crippen MR) is 143 cm³/mol. The number of amides is 2. The highest BCUT2D eigenvalue weighted by Crippen LogP contribution is 2.45. The molecule has 5 rings (SSSR count). The zero-order valence-electron chi connectivity index (χ0n) is 21.9. The average molecular weight is 551 g/mol. The monoisotopic (exact) mass is 550 g/mol. The summed E-state index contributed by atoms with van der Waals surface area (Å²) in [4.78, 5) is 28.1. The van der Waals surface area contributed by atoms with Gasteiger partial charge in [0.15, 0.2) is 0 Å². The molecule has 9 heteroatoms. The molecule has 1 saturated heterocycles. The lowest BCUT2D eigenvalue weighted by molar-refractivity contribution is -0.138. The second kappa shape index (κ2) is 11.5. The summed E-state index contributed by atoms with van der Waals surface area (Å²) in [5.74, 6) is 0.140. The third-order valence-electron chi connectivity index (χ3n) is 7.41. The van der Waals surface area contributed by atoms with Crippen molar-refractivity contribution in [1.29, 1.82) is 0 Å². The van der Waals surface area contributed by atoms with Crippen molar-refractivity contribution in [3.63, 3.8) is 0 Å². The van der Waals surface area contributed by atoms with Crippen LogP contribution in [0.1, 0.15) is 41.5 Å². The fourth-order valence-electron chi connectivity index (χ4n) is 5.50. The lowest BCUT2D eigenvalue weighted by Gasteiger charge is -2.37. The Kier molecular flexibility index (Phi) is 7.82. The number of ether oxygens (including phenoxy) is 2. The molecule has 2 aliphatic heterocycles. The quantitative estimate of drug-likeness (QED) is 0.348. The van der Waals surface area contributed by atoms with Crippen molar-refractivity contribution in [3.8, 4) is 5.75 Å². The van der Waals surface area contributed by atoms with E-state index < -0.39 is 23.8 Å². The van der Waals surface area contributed by atoms with Gasteiger partial charge in [-0.1, -0.05) is 60.7 Å². The molecule has 2 heterocycles. The largest absolute Gasteiger partial charge is 0.488 e. The molecule has 0 radical (unpaired) electrons. The van der Waals surface area contributed by atoms with Crippen LogP contribution >= 0.6 is 0 Å². The Morgan fingerprint density at radius 3 is 2.33 bits per heavy atom. The maximum Gasteiger partial charge on any atom is 0.416 e. The van der Waals surface area contributed by atoms with Crippen molar-refractivity contribution in [1.82, 2.24) is 10.2 Å². The highest BCUT2D eigenvalue weighted by atomic mass is 19.4. The van der Waals surface area contributed by atoms with Crippen LogP contribution < -0.4 is 10.1 Å². The number of esters is 1. The van der Waals surface area contributed by atoms with Gasteiger partial charge < -0.3 is 19.7 Å². The molecule has 0 aliphatic carbocycles. The van der Waals surface area contributed by atoms with Crippen molar-refractivity contribution >= 4 is 17.6 Å². The fraction of sp³-hybridized carbons (Fsp3) is 0.290. The standard InChI is InChI=1S/C31H29F3N2O4/c1-39-29(37)28-25(24-9-5-6-10-27(24)40-19-21-7-3-2-4-8-21)17-23-15-16-26(28)36(23)30(38)35-18-20-11-13-22(14-12-20)31(32,33)34/h2-14,23,26H,15-19H2,1H3,(H,35,38)/t23-,26+/m0/s1. The van der Waals surface area contributed by atoms with Gasteiger partial charge in [-0.15, -0.1) is 0 Å². The third kappa shape index (κ3) is 5.68. The van der Waals surface area contributed by atoms with Crippen LogP contribution in [0.2, 0.25) is 0 Å². The van der Waals surface area contributed by atoms with E-state index in [2.05, 4.69) is 5.32 Å². The van der Waals surface area contributed by atoms with Crippen LogP contribution in [0.4, 0.5) is 18.0 Å². The first-order valence-electron chi connectivity index (χ1n) is 13.1. The second-order valence-corrected chi connectivity index (χ2v) is 9.87. The molecule has 0 saturated carbocycles. The van der Waals surface area contributed by atoms with Crippen molar-refractivity contribution in [2.75, 3.05) is 7.11 Å². The van der Waals surface area contributed by atoms with Crippen molar-refractivity contribution in [2.45, 2.75) is 50.7 Å². The number of halogens is 3. The zero-order chi connectivity index (χ0) is 28.3. The Labute approximate surface area is 230 Å². The number of rotatable bonds is 7. The Balaban J connectivity index is 1.38.